The molecule has 40 heavy (non-hydrogen) atoms. The molecule has 3 heterocycles. The Morgan fingerprint density at radius 3 is 2.45 bits per heavy atom. The van der Waals surface area contributed by atoms with Crippen LogP contribution in [0.15, 0.2) is 70.8 Å². The maximum absolute atomic E-state index is 12.6. The Balaban J connectivity index is 1.33. The molecule has 2 aromatic heterocycles. The van der Waals surface area contributed by atoms with Crippen molar-refractivity contribution in [1.82, 2.24) is 24.8 Å². The van der Waals surface area contributed by atoms with Crippen molar-refractivity contribution >= 4 is 45.9 Å². The van der Waals surface area contributed by atoms with Crippen molar-refractivity contribution in [3.05, 3.63) is 76.8 Å². The zero-order valence-electron chi connectivity index (χ0n) is 22.7. The van der Waals surface area contributed by atoms with Crippen LogP contribution in [0.5, 0.6) is 0 Å². The molecule has 2 aromatic carbocycles. The molecule has 1 aliphatic rings. The third kappa shape index (κ3) is 7.42. The molecule has 0 bridgehead atoms. The van der Waals surface area contributed by atoms with Gasteiger partial charge in [-0.25, -0.2) is 4.98 Å². The van der Waals surface area contributed by atoms with E-state index in [2.05, 4.69) is 33.9 Å². The molecule has 4 aromatic rings. The first-order valence-corrected chi connectivity index (χ1v) is 15.0. The SMILES string of the molecule is CC(C)c1cnc(Nc2nc(Sc3ccc(CC(=O)c4ccccc4)cc3)nc(N3CCN(CCO)CC3)n2)s1. The number of β-amino-alcohol motifs (C(OH)–C–C–N with tert-alkyl or cyclic N) is 1. The number of aliphatic hydroxyl groups is 1. The standard InChI is InChI=1S/C29H33N7O2S2/c1-20(2)25-19-30-28(40-25)32-26-31-27(36-14-12-35(13-15-36)16-17-37)34-29(33-26)39-23-10-8-21(9-11-23)18-24(38)22-6-4-3-5-7-22/h3-11,19-20,37H,12-18H2,1-2H3,(H,30,31,32,33,34). The van der Waals surface area contributed by atoms with Crippen LogP contribution < -0.4 is 10.2 Å². The second kappa shape index (κ2) is 13.3. The molecule has 1 aliphatic heterocycles. The molecule has 0 spiro atoms. The number of hydrogen-bond donors (Lipinski definition) is 2. The van der Waals surface area contributed by atoms with E-state index in [1.807, 2.05) is 60.8 Å². The number of hydrogen-bond acceptors (Lipinski definition) is 11. The molecule has 1 fully saturated rings. The highest BCUT2D eigenvalue weighted by atomic mass is 32.2. The summed E-state index contributed by atoms with van der Waals surface area (Å²) in [5.41, 5.74) is 1.68. The first-order valence-electron chi connectivity index (χ1n) is 13.4. The second-order valence-corrected chi connectivity index (χ2v) is 12.0. The van der Waals surface area contributed by atoms with Gasteiger partial charge in [-0.2, -0.15) is 15.0 Å². The monoisotopic (exact) mass is 575 g/mol. The van der Waals surface area contributed by atoms with Crippen molar-refractivity contribution in [2.24, 2.45) is 0 Å². The van der Waals surface area contributed by atoms with E-state index >= 15 is 0 Å². The number of benzene rings is 2. The molecule has 0 aliphatic carbocycles. The van der Waals surface area contributed by atoms with Crippen LogP contribution in [0.1, 0.15) is 40.6 Å². The smallest absolute Gasteiger partial charge is 0.234 e. The molecule has 2 N–H and O–H groups in total. The average molecular weight is 576 g/mol. The molecule has 0 atom stereocenters. The largest absolute Gasteiger partial charge is 0.395 e. The predicted molar refractivity (Wildman–Crippen MR) is 160 cm³/mol. The summed E-state index contributed by atoms with van der Waals surface area (Å²) < 4.78 is 0. The highest BCUT2D eigenvalue weighted by molar-refractivity contribution is 7.99. The highest BCUT2D eigenvalue weighted by Crippen LogP contribution is 2.30. The molecule has 9 nitrogen and oxygen atoms in total. The van der Waals surface area contributed by atoms with Crippen LogP contribution in [0.4, 0.5) is 17.0 Å². The lowest BCUT2D eigenvalue weighted by Crippen LogP contribution is -2.47. The fraction of sp³-hybridized carbons (Fsp3) is 0.345. The Morgan fingerprint density at radius 2 is 1.77 bits per heavy atom. The summed E-state index contributed by atoms with van der Waals surface area (Å²) in [4.78, 5) is 37.9. The van der Waals surface area contributed by atoms with Gasteiger partial charge < -0.3 is 10.0 Å². The van der Waals surface area contributed by atoms with E-state index in [4.69, 9.17) is 15.0 Å². The second-order valence-electron chi connectivity index (χ2n) is 9.85. The predicted octanol–water partition coefficient (Wildman–Crippen LogP) is 4.89. The first kappa shape index (κ1) is 28.2. The van der Waals surface area contributed by atoms with Gasteiger partial charge in [0.1, 0.15) is 0 Å². The van der Waals surface area contributed by atoms with Crippen LogP contribution >= 0.6 is 23.1 Å². The molecule has 11 heteroatoms. The van der Waals surface area contributed by atoms with Gasteiger partial charge in [0.25, 0.3) is 0 Å². The number of piperazine rings is 1. The Labute approximate surface area is 242 Å². The molecule has 0 unspecified atom stereocenters. The van der Waals surface area contributed by atoms with Gasteiger partial charge in [-0.3, -0.25) is 15.0 Å². The zero-order chi connectivity index (χ0) is 27.9. The van der Waals surface area contributed by atoms with Crippen LogP contribution in [0, 0.1) is 0 Å². The summed E-state index contributed by atoms with van der Waals surface area (Å²) in [5.74, 6) is 1.57. The summed E-state index contributed by atoms with van der Waals surface area (Å²) >= 11 is 3.06. The van der Waals surface area contributed by atoms with Crippen molar-refractivity contribution in [2.75, 3.05) is 49.5 Å². The van der Waals surface area contributed by atoms with Gasteiger partial charge in [0.15, 0.2) is 16.1 Å². The van der Waals surface area contributed by atoms with Crippen molar-refractivity contribution in [2.45, 2.75) is 36.2 Å². The Hall–Kier alpha value is -3.38. The molecule has 0 amide bonds. The van der Waals surface area contributed by atoms with Crippen LogP contribution in [0.2, 0.25) is 0 Å². The molecule has 5 rings (SSSR count). The number of nitrogens with zero attached hydrogens (tertiary/aromatic N) is 6. The van der Waals surface area contributed by atoms with Crippen LogP contribution in [-0.4, -0.2) is 75.1 Å². The third-order valence-electron chi connectivity index (χ3n) is 6.58. The number of anilines is 3. The van der Waals surface area contributed by atoms with Gasteiger partial charge in [-0.1, -0.05) is 56.3 Å². The number of carbonyl (C=O) groups excluding carboxylic acids is 1. The Kier molecular flexibility index (Phi) is 9.38. The van der Waals surface area contributed by atoms with E-state index < -0.39 is 0 Å². The van der Waals surface area contributed by atoms with Crippen LogP contribution in [0.3, 0.4) is 0 Å². The lowest BCUT2D eigenvalue weighted by molar-refractivity contribution is 0.0993. The first-order chi connectivity index (χ1) is 19.5. The Morgan fingerprint density at radius 1 is 1.02 bits per heavy atom. The minimum atomic E-state index is 0.0979. The number of rotatable bonds is 11. The van der Waals surface area contributed by atoms with Crippen molar-refractivity contribution in [1.29, 1.82) is 0 Å². The van der Waals surface area contributed by atoms with E-state index in [1.165, 1.54) is 16.6 Å². The van der Waals surface area contributed by atoms with Crippen LogP contribution in [0.25, 0.3) is 0 Å². The number of ketones is 1. The van der Waals surface area contributed by atoms with Gasteiger partial charge in [0, 0.05) is 60.7 Å². The van der Waals surface area contributed by atoms with Gasteiger partial charge in [0.05, 0.1) is 6.61 Å². The zero-order valence-corrected chi connectivity index (χ0v) is 24.3. The normalized spacial score (nSPS) is 14.1. The number of carbonyl (C=O) groups is 1. The van der Waals surface area contributed by atoms with Crippen LogP contribution in [-0.2, 0) is 6.42 Å². The summed E-state index contributed by atoms with van der Waals surface area (Å²) in [6, 6.07) is 17.3. The Bertz CT molecular complexity index is 1410. The molecule has 1 saturated heterocycles. The topological polar surface area (TPSA) is 107 Å². The number of thiazole rings is 1. The van der Waals surface area contributed by atoms with Crippen molar-refractivity contribution in [3.63, 3.8) is 0 Å². The fourth-order valence-electron chi connectivity index (χ4n) is 4.30. The molecular weight excluding hydrogens is 543 g/mol. The lowest BCUT2D eigenvalue weighted by Gasteiger charge is -2.34. The fourth-order valence-corrected chi connectivity index (χ4v) is 5.86. The number of aliphatic hydroxyl groups excluding tert-OH is 1. The number of aromatic nitrogens is 4. The quantitative estimate of drug-likeness (QED) is 0.240. The van der Waals surface area contributed by atoms with E-state index in [0.29, 0.717) is 35.9 Å². The van der Waals surface area contributed by atoms with E-state index in [1.54, 1.807) is 11.3 Å². The maximum atomic E-state index is 12.6. The van der Waals surface area contributed by atoms with Gasteiger partial charge in [-0.15, -0.1) is 11.3 Å². The molecule has 0 saturated carbocycles. The summed E-state index contributed by atoms with van der Waals surface area (Å²) in [7, 11) is 0. The summed E-state index contributed by atoms with van der Waals surface area (Å²) in [6.45, 7) is 8.34. The maximum Gasteiger partial charge on any atom is 0.234 e. The molecule has 208 valence electrons. The average Bonchev–Trinajstić information content (AvgIpc) is 3.44. The molecular formula is C29H33N7O2S2. The minimum Gasteiger partial charge on any atom is -0.395 e. The van der Waals surface area contributed by atoms with Crippen molar-refractivity contribution in [3.8, 4) is 0 Å². The third-order valence-corrected chi connectivity index (χ3v) is 8.67. The lowest BCUT2D eigenvalue weighted by atomic mass is 10.0. The van der Waals surface area contributed by atoms with E-state index in [9.17, 15) is 9.90 Å². The highest BCUT2D eigenvalue weighted by Gasteiger charge is 2.21. The van der Waals surface area contributed by atoms with E-state index in [-0.39, 0.29) is 12.4 Å². The molecule has 0 radical (unpaired) electrons. The van der Waals surface area contributed by atoms with Gasteiger partial charge in [0.2, 0.25) is 11.9 Å². The van der Waals surface area contributed by atoms with Crippen molar-refractivity contribution < 1.29 is 9.90 Å². The summed E-state index contributed by atoms with van der Waals surface area (Å²) in [5, 5.41) is 13.9. The van der Waals surface area contributed by atoms with Gasteiger partial charge in [-0.05, 0) is 35.4 Å². The van der Waals surface area contributed by atoms with E-state index in [0.717, 1.165) is 47.3 Å². The number of nitrogens with one attached hydrogen (secondary N) is 1. The summed E-state index contributed by atoms with van der Waals surface area (Å²) in [6.07, 6.45) is 2.24. The van der Waals surface area contributed by atoms with Gasteiger partial charge >= 0.3 is 0 Å². The minimum absolute atomic E-state index is 0.0979. The number of Topliss-reactive ketones (excluding diaryl/α,β-unsaturated/α-hetero) is 1.